The number of carbonyl (C=O) groups is 1. The number of halogens is 4. The van der Waals surface area contributed by atoms with Crippen LogP contribution in [0.2, 0.25) is 0 Å². The summed E-state index contributed by atoms with van der Waals surface area (Å²) in [4.78, 5) is 17.4. The van der Waals surface area contributed by atoms with Crippen molar-refractivity contribution in [3.05, 3.63) is 0 Å². The van der Waals surface area contributed by atoms with Gasteiger partial charge in [0.05, 0.1) is 0 Å². The number of rotatable bonds is 8. The second-order valence-corrected chi connectivity index (χ2v) is 8.84. The van der Waals surface area contributed by atoms with Crippen LogP contribution in [0.3, 0.4) is 0 Å². The van der Waals surface area contributed by atoms with Crippen LogP contribution in [0.1, 0.15) is 32.6 Å². The van der Waals surface area contributed by atoms with E-state index >= 15 is 0 Å². The maximum absolute atomic E-state index is 12.6. The molecule has 13 heteroatoms. The zero-order chi connectivity index (χ0) is 21.4. The Morgan fingerprint density at radius 2 is 1.79 bits per heavy atom. The molecule has 0 spiro atoms. The van der Waals surface area contributed by atoms with E-state index in [2.05, 4.69) is 15.6 Å². The molecule has 0 atom stereocenters. The first-order valence-electron chi connectivity index (χ1n) is 9.27. The molecule has 1 aliphatic heterocycles. The zero-order valence-corrected chi connectivity index (χ0v) is 20.1. The monoisotopic (exact) mass is 557 g/mol. The smallest absolute Gasteiger partial charge is 0.356 e. The molecule has 8 nitrogen and oxygen atoms in total. The number of nitrogens with zero attached hydrogens (tertiary/aromatic N) is 3. The standard InChI is InChI=1S/C16H30F3N5O3S.HI/c1-4-5-8-20-15(22-12-14(25)23(2)3)21-11-13-6-9-24(10-7-13)28(26,27)16(17,18)19;/h13H,4-12H2,1-3H3,(H2,20,21,22);1H. The Morgan fingerprint density at radius 1 is 1.21 bits per heavy atom. The molecule has 2 N–H and O–H groups in total. The van der Waals surface area contributed by atoms with Crippen molar-refractivity contribution in [2.75, 3.05) is 46.8 Å². The number of likely N-dealkylation sites (N-methyl/N-ethyl adjacent to an activating group) is 1. The van der Waals surface area contributed by atoms with Gasteiger partial charge in [0, 0.05) is 40.3 Å². The third-order valence-electron chi connectivity index (χ3n) is 4.46. The van der Waals surface area contributed by atoms with E-state index in [1.807, 2.05) is 6.92 Å². The number of piperidine rings is 1. The van der Waals surface area contributed by atoms with Crippen molar-refractivity contribution in [2.24, 2.45) is 10.9 Å². The van der Waals surface area contributed by atoms with Crippen molar-refractivity contribution in [3.8, 4) is 0 Å². The summed E-state index contributed by atoms with van der Waals surface area (Å²) < 4.78 is 61.3. The Morgan fingerprint density at radius 3 is 2.28 bits per heavy atom. The van der Waals surface area contributed by atoms with E-state index in [1.54, 1.807) is 14.1 Å². The number of amides is 1. The van der Waals surface area contributed by atoms with Crippen LogP contribution in [0.4, 0.5) is 13.2 Å². The number of sulfonamides is 1. The van der Waals surface area contributed by atoms with Gasteiger partial charge in [0.2, 0.25) is 5.91 Å². The largest absolute Gasteiger partial charge is 0.511 e. The first-order chi connectivity index (χ1) is 13.0. The van der Waals surface area contributed by atoms with E-state index < -0.39 is 15.5 Å². The minimum Gasteiger partial charge on any atom is -0.356 e. The van der Waals surface area contributed by atoms with Gasteiger partial charge in [0.1, 0.15) is 6.54 Å². The van der Waals surface area contributed by atoms with Crippen LogP contribution in [0.5, 0.6) is 0 Å². The van der Waals surface area contributed by atoms with Crippen molar-refractivity contribution in [1.29, 1.82) is 0 Å². The molecule has 1 aliphatic rings. The Kier molecular flexibility index (Phi) is 12.4. The lowest BCUT2D eigenvalue weighted by Gasteiger charge is -2.31. The topological polar surface area (TPSA) is 94.1 Å². The molecule has 0 unspecified atom stereocenters. The molecule has 0 saturated carbocycles. The van der Waals surface area contributed by atoms with E-state index in [0.717, 1.165) is 12.8 Å². The van der Waals surface area contributed by atoms with E-state index in [4.69, 9.17) is 0 Å². The molecule has 0 aromatic rings. The van der Waals surface area contributed by atoms with E-state index in [1.165, 1.54) is 4.90 Å². The quantitative estimate of drug-likeness (QED) is 0.205. The van der Waals surface area contributed by atoms with Gasteiger partial charge in [0.15, 0.2) is 5.96 Å². The fourth-order valence-corrected chi connectivity index (χ4v) is 3.57. The molecule has 1 saturated heterocycles. The van der Waals surface area contributed by atoms with Gasteiger partial charge in [-0.2, -0.15) is 17.5 Å². The van der Waals surface area contributed by atoms with Gasteiger partial charge in [0.25, 0.3) is 0 Å². The number of alkyl halides is 3. The Bertz CT molecular complexity index is 636. The van der Waals surface area contributed by atoms with Crippen molar-refractivity contribution >= 4 is 45.9 Å². The summed E-state index contributed by atoms with van der Waals surface area (Å²) in [5.41, 5.74) is -5.26. The highest BCUT2D eigenvalue weighted by atomic mass is 127. The highest BCUT2D eigenvalue weighted by molar-refractivity contribution is 14.0. The molecule has 1 heterocycles. The van der Waals surface area contributed by atoms with E-state index in [-0.39, 0.29) is 55.4 Å². The summed E-state index contributed by atoms with van der Waals surface area (Å²) in [7, 11) is -1.99. The number of carbonyl (C=O) groups excluding carboxylic acids is 1. The fraction of sp³-hybridized carbons (Fsp3) is 0.875. The van der Waals surface area contributed by atoms with Crippen LogP contribution in [-0.2, 0) is 14.8 Å². The Labute approximate surface area is 187 Å². The van der Waals surface area contributed by atoms with E-state index in [0.29, 0.717) is 36.2 Å². The van der Waals surface area contributed by atoms with Crippen molar-refractivity contribution in [2.45, 2.75) is 38.1 Å². The summed E-state index contributed by atoms with van der Waals surface area (Å²) in [5.74, 6) is 0.332. The Balaban J connectivity index is 0.00000784. The number of nitrogens with one attached hydrogen (secondary N) is 2. The SMILES string of the molecule is CCCCNC(=NCC(=O)N(C)C)NCC1CCN(S(=O)(=O)C(F)(F)F)CC1.I. The number of hydrogen-bond donors (Lipinski definition) is 2. The zero-order valence-electron chi connectivity index (χ0n) is 17.0. The molecular weight excluding hydrogens is 526 g/mol. The van der Waals surface area contributed by atoms with Crippen LogP contribution in [0.15, 0.2) is 4.99 Å². The molecule has 1 amide bonds. The van der Waals surface area contributed by atoms with Crippen LogP contribution >= 0.6 is 24.0 Å². The lowest BCUT2D eigenvalue weighted by Crippen LogP contribution is -2.47. The molecule has 0 radical (unpaired) electrons. The fourth-order valence-electron chi connectivity index (χ4n) is 2.59. The van der Waals surface area contributed by atoms with Gasteiger partial charge >= 0.3 is 15.5 Å². The van der Waals surface area contributed by atoms with Crippen molar-refractivity contribution in [3.63, 3.8) is 0 Å². The third-order valence-corrected chi connectivity index (χ3v) is 6.09. The molecule has 0 aromatic carbocycles. The second-order valence-electron chi connectivity index (χ2n) is 6.91. The molecule has 0 aliphatic carbocycles. The summed E-state index contributed by atoms with van der Waals surface area (Å²) in [5, 5.41) is 6.22. The number of guanidine groups is 1. The molecule has 0 aromatic heterocycles. The molecule has 0 bridgehead atoms. The van der Waals surface area contributed by atoms with Gasteiger partial charge in [-0.3, -0.25) is 4.79 Å². The van der Waals surface area contributed by atoms with Crippen molar-refractivity contribution in [1.82, 2.24) is 19.8 Å². The summed E-state index contributed by atoms with van der Waals surface area (Å²) in [6.45, 7) is 2.82. The van der Waals surface area contributed by atoms with Gasteiger partial charge in [-0.25, -0.2) is 13.4 Å². The van der Waals surface area contributed by atoms with Gasteiger partial charge in [-0.1, -0.05) is 13.3 Å². The van der Waals surface area contributed by atoms with Crippen LogP contribution in [-0.4, -0.2) is 81.8 Å². The van der Waals surface area contributed by atoms with Crippen LogP contribution in [0.25, 0.3) is 0 Å². The first kappa shape index (κ1) is 28.2. The number of aliphatic imine (C=N–C) groups is 1. The lowest BCUT2D eigenvalue weighted by atomic mass is 9.98. The van der Waals surface area contributed by atoms with Gasteiger partial charge in [-0.05, 0) is 25.2 Å². The third kappa shape index (κ3) is 9.24. The predicted octanol–water partition coefficient (Wildman–Crippen LogP) is 1.59. The first-order valence-corrected chi connectivity index (χ1v) is 10.7. The van der Waals surface area contributed by atoms with Gasteiger partial charge < -0.3 is 15.5 Å². The van der Waals surface area contributed by atoms with E-state index in [9.17, 15) is 26.4 Å². The highest BCUT2D eigenvalue weighted by Gasteiger charge is 2.50. The summed E-state index contributed by atoms with van der Waals surface area (Å²) in [6, 6.07) is 0. The average molecular weight is 557 g/mol. The minimum atomic E-state index is -5.26. The Hall–Kier alpha value is -0.830. The van der Waals surface area contributed by atoms with Crippen molar-refractivity contribution < 1.29 is 26.4 Å². The lowest BCUT2D eigenvalue weighted by molar-refractivity contribution is -0.127. The van der Waals surface area contributed by atoms with Gasteiger partial charge in [-0.15, -0.1) is 24.0 Å². The number of hydrogen-bond acceptors (Lipinski definition) is 4. The summed E-state index contributed by atoms with van der Waals surface area (Å²) in [6.07, 6.45) is 2.56. The number of unbranched alkanes of at least 4 members (excludes halogenated alkanes) is 1. The molecule has 1 fully saturated rings. The predicted molar refractivity (Wildman–Crippen MR) is 117 cm³/mol. The normalized spacial score (nSPS) is 16.8. The average Bonchev–Trinajstić information content (AvgIpc) is 2.62. The summed E-state index contributed by atoms with van der Waals surface area (Å²) >= 11 is 0. The highest BCUT2D eigenvalue weighted by Crippen LogP contribution is 2.30. The second kappa shape index (κ2) is 12.8. The minimum absolute atomic E-state index is 0. The van der Waals surface area contributed by atoms with Crippen LogP contribution < -0.4 is 10.6 Å². The maximum Gasteiger partial charge on any atom is 0.511 e. The molecule has 1 rings (SSSR count). The molecule has 172 valence electrons. The van der Waals surface area contributed by atoms with Crippen LogP contribution in [0, 0.1) is 5.92 Å². The molecule has 29 heavy (non-hydrogen) atoms. The maximum atomic E-state index is 12.6. The molecular formula is C16H31F3IN5O3S.